The zero-order valence-corrected chi connectivity index (χ0v) is 12.7. The number of nitrogens with one attached hydrogen (secondary N) is 1. The molecular formula is C15H21ClFN3O. The summed E-state index contributed by atoms with van der Waals surface area (Å²) in [4.78, 5) is 16.3. The van der Waals surface area contributed by atoms with Gasteiger partial charge in [-0.2, -0.15) is 0 Å². The van der Waals surface area contributed by atoms with Gasteiger partial charge in [-0.05, 0) is 17.7 Å². The minimum absolute atomic E-state index is 0. The van der Waals surface area contributed by atoms with Crippen molar-refractivity contribution in [1.29, 1.82) is 0 Å². The number of nitrogens with zero attached hydrogens (tertiary/aromatic N) is 2. The van der Waals surface area contributed by atoms with Crippen LogP contribution in [0.1, 0.15) is 5.56 Å². The molecule has 0 unspecified atom stereocenters. The van der Waals surface area contributed by atoms with Crippen LogP contribution in [0.4, 0.5) is 4.39 Å². The van der Waals surface area contributed by atoms with Gasteiger partial charge in [-0.15, -0.1) is 12.4 Å². The molecule has 0 aliphatic carbocycles. The molecule has 0 bridgehead atoms. The van der Waals surface area contributed by atoms with Gasteiger partial charge in [0.2, 0.25) is 5.91 Å². The number of rotatable bonds is 3. The molecule has 2 fully saturated rings. The summed E-state index contributed by atoms with van der Waals surface area (Å²) in [6, 6.07) is 6.74. The van der Waals surface area contributed by atoms with Gasteiger partial charge in [0.05, 0.1) is 5.92 Å². The molecule has 1 N–H and O–H groups in total. The Bertz CT molecular complexity index is 488. The highest BCUT2D eigenvalue weighted by molar-refractivity contribution is 5.85. The molecule has 0 radical (unpaired) electrons. The van der Waals surface area contributed by atoms with Gasteiger partial charge >= 0.3 is 0 Å². The van der Waals surface area contributed by atoms with E-state index in [1.54, 1.807) is 12.1 Å². The van der Waals surface area contributed by atoms with Gasteiger partial charge in [0.15, 0.2) is 0 Å². The maximum atomic E-state index is 13.1. The molecule has 2 saturated heterocycles. The monoisotopic (exact) mass is 313 g/mol. The molecule has 2 aliphatic heterocycles. The van der Waals surface area contributed by atoms with Crippen LogP contribution >= 0.6 is 12.4 Å². The predicted molar refractivity (Wildman–Crippen MR) is 81.9 cm³/mol. The third-order valence-electron chi connectivity index (χ3n) is 4.11. The first-order valence-corrected chi connectivity index (χ1v) is 7.19. The highest BCUT2D eigenvalue weighted by Gasteiger charge is 2.30. The van der Waals surface area contributed by atoms with Crippen LogP contribution in [0.15, 0.2) is 24.3 Å². The summed E-state index contributed by atoms with van der Waals surface area (Å²) in [5.41, 5.74) is 0.993. The molecule has 4 nitrogen and oxygen atoms in total. The maximum Gasteiger partial charge on any atom is 0.228 e. The first-order valence-electron chi connectivity index (χ1n) is 7.19. The molecule has 1 aromatic rings. The van der Waals surface area contributed by atoms with Crippen molar-refractivity contribution < 1.29 is 9.18 Å². The van der Waals surface area contributed by atoms with Gasteiger partial charge in [-0.1, -0.05) is 12.1 Å². The van der Waals surface area contributed by atoms with Gasteiger partial charge in [-0.25, -0.2) is 4.39 Å². The van der Waals surface area contributed by atoms with Gasteiger partial charge in [0.1, 0.15) is 5.82 Å². The second-order valence-corrected chi connectivity index (χ2v) is 5.59. The number of carbonyl (C=O) groups excluding carboxylic acids is 1. The lowest BCUT2D eigenvalue weighted by Gasteiger charge is -2.38. The van der Waals surface area contributed by atoms with Crippen molar-refractivity contribution in [2.75, 3.05) is 39.3 Å². The van der Waals surface area contributed by atoms with E-state index in [-0.39, 0.29) is 30.0 Å². The zero-order chi connectivity index (χ0) is 13.9. The van der Waals surface area contributed by atoms with E-state index in [0.29, 0.717) is 0 Å². The summed E-state index contributed by atoms with van der Waals surface area (Å²) < 4.78 is 13.1. The molecular weight excluding hydrogens is 293 g/mol. The lowest BCUT2D eigenvalue weighted by Crippen LogP contribution is -2.56. The molecule has 21 heavy (non-hydrogen) atoms. The smallest absolute Gasteiger partial charge is 0.228 e. The Hall–Kier alpha value is -1.17. The lowest BCUT2D eigenvalue weighted by atomic mass is 10.0. The molecule has 6 heteroatoms. The number of halogens is 2. The van der Waals surface area contributed by atoms with E-state index in [2.05, 4.69) is 10.2 Å². The summed E-state index contributed by atoms with van der Waals surface area (Å²) in [7, 11) is 0. The number of hydrogen-bond donors (Lipinski definition) is 1. The first kappa shape index (κ1) is 16.2. The fraction of sp³-hybridized carbons (Fsp3) is 0.533. The van der Waals surface area contributed by atoms with Crippen LogP contribution in [0.2, 0.25) is 0 Å². The van der Waals surface area contributed by atoms with Crippen molar-refractivity contribution in [2.45, 2.75) is 6.54 Å². The summed E-state index contributed by atoms with van der Waals surface area (Å²) in [5, 5.41) is 3.13. The minimum atomic E-state index is -0.186. The van der Waals surface area contributed by atoms with Crippen molar-refractivity contribution >= 4 is 18.3 Å². The summed E-state index contributed by atoms with van der Waals surface area (Å²) in [5.74, 6) is 0.285. The number of piperazine rings is 1. The molecule has 1 amide bonds. The third-order valence-corrected chi connectivity index (χ3v) is 4.11. The average molecular weight is 314 g/mol. The molecule has 0 aromatic heterocycles. The number of hydrogen-bond acceptors (Lipinski definition) is 3. The van der Waals surface area contributed by atoms with Crippen molar-refractivity contribution in [3.8, 4) is 0 Å². The molecule has 0 spiro atoms. The van der Waals surface area contributed by atoms with Crippen LogP contribution in [0, 0.1) is 11.7 Å². The molecule has 2 aliphatic rings. The lowest BCUT2D eigenvalue weighted by molar-refractivity contribution is -0.138. The van der Waals surface area contributed by atoms with Crippen LogP contribution in [0.25, 0.3) is 0 Å². The third kappa shape index (κ3) is 3.93. The van der Waals surface area contributed by atoms with Crippen LogP contribution < -0.4 is 5.32 Å². The fourth-order valence-electron chi connectivity index (χ4n) is 2.74. The van der Waals surface area contributed by atoms with E-state index in [1.165, 1.54) is 6.07 Å². The standard InChI is InChI=1S/C15H20FN3O.ClH/c16-14-3-1-2-12(8-14)11-18-4-6-19(7-5-18)15(20)13-9-17-10-13;/h1-3,8,13,17H,4-7,9-11H2;1H. The number of amides is 1. The van der Waals surface area contributed by atoms with Crippen molar-refractivity contribution in [3.63, 3.8) is 0 Å². The van der Waals surface area contributed by atoms with E-state index < -0.39 is 0 Å². The summed E-state index contributed by atoms with van der Waals surface area (Å²) in [6.45, 7) is 5.69. The fourth-order valence-corrected chi connectivity index (χ4v) is 2.74. The van der Waals surface area contributed by atoms with E-state index in [4.69, 9.17) is 0 Å². The molecule has 116 valence electrons. The number of carbonyl (C=O) groups is 1. The first-order chi connectivity index (χ1) is 9.72. The Morgan fingerprint density at radius 2 is 1.95 bits per heavy atom. The largest absolute Gasteiger partial charge is 0.340 e. The van der Waals surface area contributed by atoms with E-state index in [9.17, 15) is 9.18 Å². The highest BCUT2D eigenvalue weighted by atomic mass is 35.5. The second kappa shape index (κ2) is 7.20. The Morgan fingerprint density at radius 1 is 1.24 bits per heavy atom. The normalized spacial score (nSPS) is 19.8. The van der Waals surface area contributed by atoms with Gasteiger partial charge in [-0.3, -0.25) is 9.69 Å². The van der Waals surface area contributed by atoms with Crippen LogP contribution in [0.3, 0.4) is 0 Å². The van der Waals surface area contributed by atoms with E-state index in [1.807, 2.05) is 11.0 Å². The molecule has 3 rings (SSSR count). The summed E-state index contributed by atoms with van der Waals surface area (Å²) in [6.07, 6.45) is 0. The minimum Gasteiger partial charge on any atom is -0.340 e. The molecule has 2 heterocycles. The Kier molecular flexibility index (Phi) is 5.56. The Balaban J connectivity index is 0.00000161. The van der Waals surface area contributed by atoms with Crippen molar-refractivity contribution in [3.05, 3.63) is 35.6 Å². The Morgan fingerprint density at radius 3 is 2.52 bits per heavy atom. The van der Waals surface area contributed by atoms with Gasteiger partial charge in [0, 0.05) is 45.8 Å². The Labute approximate surface area is 130 Å². The molecule has 0 atom stereocenters. The van der Waals surface area contributed by atoms with Crippen molar-refractivity contribution in [1.82, 2.24) is 15.1 Å². The predicted octanol–water partition coefficient (Wildman–Crippen LogP) is 1.11. The van der Waals surface area contributed by atoms with Crippen LogP contribution in [0.5, 0.6) is 0 Å². The second-order valence-electron chi connectivity index (χ2n) is 5.59. The maximum absolute atomic E-state index is 13.1. The molecule has 1 aromatic carbocycles. The van der Waals surface area contributed by atoms with Crippen molar-refractivity contribution in [2.24, 2.45) is 5.92 Å². The van der Waals surface area contributed by atoms with Crippen LogP contribution in [-0.2, 0) is 11.3 Å². The van der Waals surface area contributed by atoms with Gasteiger partial charge < -0.3 is 10.2 Å². The zero-order valence-electron chi connectivity index (χ0n) is 11.9. The topological polar surface area (TPSA) is 35.6 Å². The number of benzene rings is 1. The van der Waals surface area contributed by atoms with Crippen LogP contribution in [-0.4, -0.2) is 55.0 Å². The quantitative estimate of drug-likeness (QED) is 0.908. The van der Waals surface area contributed by atoms with Gasteiger partial charge in [0.25, 0.3) is 0 Å². The SMILES string of the molecule is Cl.O=C(C1CNC1)N1CCN(Cc2cccc(F)c2)CC1. The molecule has 0 saturated carbocycles. The van der Waals surface area contributed by atoms with E-state index >= 15 is 0 Å². The van der Waals surface area contributed by atoms with E-state index in [0.717, 1.165) is 51.4 Å². The highest BCUT2D eigenvalue weighted by Crippen LogP contribution is 2.13. The average Bonchev–Trinajstić information content (AvgIpc) is 2.37. The summed E-state index contributed by atoms with van der Waals surface area (Å²) >= 11 is 0.